The molecule has 2 aromatic carbocycles. The molecule has 0 bridgehead atoms. The van der Waals surface area contributed by atoms with Crippen LogP contribution >= 0.6 is 0 Å². The van der Waals surface area contributed by atoms with Crippen molar-refractivity contribution in [1.82, 2.24) is 20.2 Å². The predicted molar refractivity (Wildman–Crippen MR) is 121 cm³/mol. The van der Waals surface area contributed by atoms with Crippen LogP contribution in [0.25, 0.3) is 11.3 Å². The number of benzene rings is 2. The fourth-order valence-electron chi connectivity index (χ4n) is 3.17. The highest BCUT2D eigenvalue weighted by molar-refractivity contribution is 5.79. The highest BCUT2D eigenvalue weighted by Gasteiger charge is 2.17. The van der Waals surface area contributed by atoms with E-state index in [2.05, 4.69) is 42.9 Å². The van der Waals surface area contributed by atoms with Gasteiger partial charge in [0.15, 0.2) is 11.5 Å². The van der Waals surface area contributed by atoms with Crippen LogP contribution in [0, 0.1) is 11.3 Å². The second-order valence-corrected chi connectivity index (χ2v) is 6.79. The average Bonchev–Trinajstić information content (AvgIpc) is 3.31. The van der Waals surface area contributed by atoms with Gasteiger partial charge in [0.1, 0.15) is 23.4 Å². The van der Waals surface area contributed by atoms with Gasteiger partial charge >= 0.3 is 0 Å². The Hall–Kier alpha value is -4.58. The molecule has 0 spiro atoms. The van der Waals surface area contributed by atoms with Gasteiger partial charge in [-0.15, -0.1) is 0 Å². The maximum absolute atomic E-state index is 8.84. The molecule has 9 heteroatoms. The van der Waals surface area contributed by atoms with Crippen molar-refractivity contribution in [2.45, 2.75) is 6.54 Å². The number of nitrogens with zero attached hydrogens (tertiary/aromatic N) is 4. The standard InChI is InChI=1S/C23H21N7O2/c1-31-19-8-16(25-12-15-6-4-3-5-7-15)9-20(32-2)23(19)18-10-21(30-29-18)28-22-14-26-17(11-24)13-27-22/h3-10,13-14,25H,12H2,1-2H3,(H2,27,28,29,30). The maximum Gasteiger partial charge on any atom is 0.158 e. The van der Waals surface area contributed by atoms with E-state index < -0.39 is 0 Å². The zero-order chi connectivity index (χ0) is 22.3. The Bertz CT molecular complexity index is 1210. The molecule has 0 saturated heterocycles. The third kappa shape index (κ3) is 4.60. The van der Waals surface area contributed by atoms with Crippen LogP contribution < -0.4 is 20.1 Å². The van der Waals surface area contributed by atoms with Gasteiger partial charge in [-0.1, -0.05) is 30.3 Å². The minimum atomic E-state index is 0.244. The zero-order valence-corrected chi connectivity index (χ0v) is 17.6. The summed E-state index contributed by atoms with van der Waals surface area (Å²) >= 11 is 0. The molecule has 0 saturated carbocycles. The minimum absolute atomic E-state index is 0.244. The van der Waals surface area contributed by atoms with Gasteiger partial charge in [-0.2, -0.15) is 10.4 Å². The van der Waals surface area contributed by atoms with Crippen molar-refractivity contribution in [3.63, 3.8) is 0 Å². The van der Waals surface area contributed by atoms with Crippen LogP contribution in [-0.2, 0) is 6.54 Å². The van der Waals surface area contributed by atoms with Crippen LogP contribution in [0.15, 0.2) is 60.9 Å². The normalized spacial score (nSPS) is 10.3. The summed E-state index contributed by atoms with van der Waals surface area (Å²) < 4.78 is 11.3. The number of H-pyrrole nitrogens is 1. The zero-order valence-electron chi connectivity index (χ0n) is 17.6. The van der Waals surface area contributed by atoms with Crippen molar-refractivity contribution in [2.75, 3.05) is 24.9 Å². The van der Waals surface area contributed by atoms with Gasteiger partial charge in [0.25, 0.3) is 0 Å². The first-order valence-corrected chi connectivity index (χ1v) is 9.79. The van der Waals surface area contributed by atoms with E-state index >= 15 is 0 Å². The van der Waals surface area contributed by atoms with Crippen molar-refractivity contribution in [1.29, 1.82) is 5.26 Å². The van der Waals surface area contributed by atoms with E-state index in [4.69, 9.17) is 14.7 Å². The smallest absolute Gasteiger partial charge is 0.158 e. The first-order chi connectivity index (χ1) is 15.7. The van der Waals surface area contributed by atoms with Crippen molar-refractivity contribution in [2.24, 2.45) is 0 Å². The van der Waals surface area contributed by atoms with Crippen LogP contribution in [-0.4, -0.2) is 34.4 Å². The fraction of sp³-hybridized carbons (Fsp3) is 0.130. The number of nitriles is 1. The summed E-state index contributed by atoms with van der Waals surface area (Å²) in [4.78, 5) is 8.13. The second-order valence-electron chi connectivity index (χ2n) is 6.79. The van der Waals surface area contributed by atoms with Gasteiger partial charge in [-0.05, 0) is 5.56 Å². The second kappa shape index (κ2) is 9.49. The molecule has 0 atom stereocenters. The van der Waals surface area contributed by atoms with Crippen LogP contribution in [0.4, 0.5) is 17.3 Å². The lowest BCUT2D eigenvalue weighted by atomic mass is 10.1. The lowest BCUT2D eigenvalue weighted by molar-refractivity contribution is 0.397. The van der Waals surface area contributed by atoms with E-state index in [1.165, 1.54) is 18.0 Å². The van der Waals surface area contributed by atoms with E-state index in [0.29, 0.717) is 35.4 Å². The highest BCUT2D eigenvalue weighted by atomic mass is 16.5. The highest BCUT2D eigenvalue weighted by Crippen LogP contribution is 2.41. The van der Waals surface area contributed by atoms with E-state index in [1.54, 1.807) is 14.2 Å². The Morgan fingerprint density at radius 3 is 2.34 bits per heavy atom. The van der Waals surface area contributed by atoms with Crippen molar-refractivity contribution in [3.05, 3.63) is 72.2 Å². The number of nitrogens with one attached hydrogen (secondary N) is 3. The summed E-state index contributed by atoms with van der Waals surface area (Å²) in [7, 11) is 3.22. The molecule has 0 aliphatic carbocycles. The van der Waals surface area contributed by atoms with E-state index in [1.807, 2.05) is 42.5 Å². The number of methoxy groups -OCH3 is 2. The number of rotatable bonds is 8. The summed E-state index contributed by atoms with van der Waals surface area (Å²) in [6.07, 6.45) is 2.87. The molecule has 0 aliphatic heterocycles. The summed E-state index contributed by atoms with van der Waals surface area (Å²) in [6.45, 7) is 0.677. The van der Waals surface area contributed by atoms with Crippen LogP contribution in [0.5, 0.6) is 11.5 Å². The molecule has 9 nitrogen and oxygen atoms in total. The molecule has 4 rings (SSSR count). The predicted octanol–water partition coefficient (Wildman–Crippen LogP) is 4.11. The van der Waals surface area contributed by atoms with Gasteiger partial charge in [0.05, 0.1) is 37.9 Å². The van der Waals surface area contributed by atoms with Crippen molar-refractivity contribution < 1.29 is 9.47 Å². The molecule has 32 heavy (non-hydrogen) atoms. The van der Waals surface area contributed by atoms with Crippen LogP contribution in [0.1, 0.15) is 11.3 Å². The molecule has 3 N–H and O–H groups in total. The molecule has 0 amide bonds. The molecular formula is C23H21N7O2. The molecule has 2 aromatic heterocycles. The lowest BCUT2D eigenvalue weighted by Crippen LogP contribution is -2.01. The summed E-state index contributed by atoms with van der Waals surface area (Å²) in [5.74, 6) is 2.28. The number of aromatic nitrogens is 4. The molecule has 0 aliphatic rings. The fourth-order valence-corrected chi connectivity index (χ4v) is 3.17. The molecule has 2 heterocycles. The topological polar surface area (TPSA) is 121 Å². The van der Waals surface area contributed by atoms with Crippen molar-refractivity contribution in [3.8, 4) is 28.8 Å². The first-order valence-electron chi connectivity index (χ1n) is 9.79. The van der Waals surface area contributed by atoms with Crippen LogP contribution in [0.3, 0.4) is 0 Å². The molecule has 0 unspecified atom stereocenters. The molecule has 4 aromatic rings. The van der Waals surface area contributed by atoms with E-state index in [0.717, 1.165) is 11.3 Å². The summed E-state index contributed by atoms with van der Waals surface area (Å²) in [5, 5.41) is 22.6. The Morgan fingerprint density at radius 1 is 0.969 bits per heavy atom. The van der Waals surface area contributed by atoms with Gasteiger partial charge in [-0.3, -0.25) is 5.10 Å². The largest absolute Gasteiger partial charge is 0.496 e. The van der Waals surface area contributed by atoms with Gasteiger partial charge in [-0.25, -0.2) is 9.97 Å². The minimum Gasteiger partial charge on any atom is -0.496 e. The Kier molecular flexibility index (Phi) is 6.13. The Labute approximate surface area is 185 Å². The first kappa shape index (κ1) is 20.7. The van der Waals surface area contributed by atoms with Gasteiger partial charge < -0.3 is 20.1 Å². The van der Waals surface area contributed by atoms with Gasteiger partial charge in [0.2, 0.25) is 0 Å². The summed E-state index contributed by atoms with van der Waals surface area (Å²) in [5.41, 5.74) is 3.74. The number of hydrogen-bond acceptors (Lipinski definition) is 8. The number of aromatic amines is 1. The van der Waals surface area contributed by atoms with E-state index in [-0.39, 0.29) is 5.69 Å². The van der Waals surface area contributed by atoms with E-state index in [9.17, 15) is 0 Å². The molecule has 160 valence electrons. The average molecular weight is 427 g/mol. The van der Waals surface area contributed by atoms with Crippen molar-refractivity contribution >= 4 is 17.3 Å². The van der Waals surface area contributed by atoms with Gasteiger partial charge in [0, 0.05) is 30.4 Å². The Morgan fingerprint density at radius 2 is 1.72 bits per heavy atom. The third-order valence-corrected chi connectivity index (χ3v) is 4.72. The molecular weight excluding hydrogens is 406 g/mol. The third-order valence-electron chi connectivity index (χ3n) is 4.72. The molecule has 0 fully saturated rings. The summed E-state index contributed by atoms with van der Waals surface area (Å²) in [6, 6.07) is 17.7. The molecule has 0 radical (unpaired) electrons. The number of ether oxygens (including phenoxy) is 2. The SMILES string of the molecule is COc1cc(NCc2ccccc2)cc(OC)c1-c1cc(Nc2cnc(C#N)cn2)n[nH]1. The monoisotopic (exact) mass is 427 g/mol. The van der Waals surface area contributed by atoms with Crippen LogP contribution in [0.2, 0.25) is 0 Å². The maximum atomic E-state index is 8.84. The number of hydrogen-bond donors (Lipinski definition) is 3. The Balaban J connectivity index is 1.57. The quantitative estimate of drug-likeness (QED) is 0.384. The number of anilines is 3. The lowest BCUT2D eigenvalue weighted by Gasteiger charge is -2.15.